The maximum Gasteiger partial charge on any atom is 0.324 e. The van der Waals surface area contributed by atoms with E-state index in [4.69, 9.17) is 28.4 Å². The summed E-state index contributed by atoms with van der Waals surface area (Å²) in [5, 5.41) is 59.8. The number of esters is 1. The number of urea groups is 1. The molecule has 63 heavy (non-hydrogen) atoms. The molecule has 1 aromatic carbocycles. The minimum atomic E-state index is -1.84. The fourth-order valence-corrected chi connectivity index (χ4v) is 10.2. The summed E-state index contributed by atoms with van der Waals surface area (Å²) in [5.74, 6) is -2.87. The van der Waals surface area contributed by atoms with Gasteiger partial charge in [-0.25, -0.2) is 4.79 Å². The topological polar surface area (TPSA) is 200 Å². The summed E-state index contributed by atoms with van der Waals surface area (Å²) < 4.78 is 38.1. The van der Waals surface area contributed by atoms with E-state index in [9.17, 15) is 35.1 Å². The van der Waals surface area contributed by atoms with Gasteiger partial charge < -0.3 is 58.9 Å². The van der Waals surface area contributed by atoms with E-state index in [0.29, 0.717) is 25.2 Å². The van der Waals surface area contributed by atoms with Crippen molar-refractivity contribution in [3.8, 4) is 0 Å². The highest BCUT2D eigenvalue weighted by molar-refractivity contribution is 5.91. The van der Waals surface area contributed by atoms with Gasteiger partial charge in [-0.15, -0.1) is 0 Å². The second-order valence-electron chi connectivity index (χ2n) is 19.5. The summed E-state index contributed by atoms with van der Waals surface area (Å²) in [6, 6.07) is 7.52. The Morgan fingerprint density at radius 2 is 1.56 bits per heavy atom. The molecule has 0 aliphatic carbocycles. The lowest BCUT2D eigenvalue weighted by molar-refractivity contribution is -0.317. The lowest BCUT2D eigenvalue weighted by Gasteiger charge is -2.49. The van der Waals surface area contributed by atoms with Gasteiger partial charge in [0.05, 0.1) is 47.6 Å². The first-order valence-corrected chi connectivity index (χ1v) is 23.0. The Labute approximate surface area is 376 Å². The number of likely N-dealkylation sites (N-methyl/N-ethyl adjacent to an activating group) is 1. The molecule has 3 fully saturated rings. The van der Waals surface area contributed by atoms with Gasteiger partial charge in [0.2, 0.25) is 0 Å². The number of ether oxygens (including phenoxy) is 6. The Balaban J connectivity index is 1.82. The van der Waals surface area contributed by atoms with Gasteiger partial charge in [0.25, 0.3) is 0 Å². The molecular weight excluding hydrogens is 815 g/mol. The number of cyclic esters (lactones) is 1. The molecule has 0 bridgehead atoms. The van der Waals surface area contributed by atoms with Crippen molar-refractivity contribution in [2.45, 2.75) is 199 Å². The Kier molecular flexibility index (Phi) is 18.5. The van der Waals surface area contributed by atoms with E-state index in [-0.39, 0.29) is 31.2 Å². The van der Waals surface area contributed by atoms with E-state index in [1.54, 1.807) is 55.6 Å². The van der Waals surface area contributed by atoms with Crippen molar-refractivity contribution < 1.29 is 63.5 Å². The van der Waals surface area contributed by atoms with Gasteiger partial charge in [0.1, 0.15) is 30.0 Å². The Morgan fingerprint density at radius 1 is 0.921 bits per heavy atom. The second kappa shape index (κ2) is 21.9. The van der Waals surface area contributed by atoms with Crippen molar-refractivity contribution >= 4 is 17.7 Å². The van der Waals surface area contributed by atoms with E-state index < -0.39 is 108 Å². The number of methoxy groups -OCH3 is 1. The van der Waals surface area contributed by atoms with Gasteiger partial charge in [0, 0.05) is 51.8 Å². The van der Waals surface area contributed by atoms with E-state index in [1.807, 2.05) is 58.0 Å². The largest absolute Gasteiger partial charge is 0.459 e. The molecular formula is C47H81N3O13. The summed E-state index contributed by atoms with van der Waals surface area (Å²) in [6.45, 7) is 20.5. The summed E-state index contributed by atoms with van der Waals surface area (Å²) >= 11 is 0. The third kappa shape index (κ3) is 12.1. The van der Waals surface area contributed by atoms with Crippen LogP contribution in [0.2, 0.25) is 0 Å². The average Bonchev–Trinajstić information content (AvgIpc) is 3.24. The van der Waals surface area contributed by atoms with Crippen molar-refractivity contribution in [1.82, 2.24) is 9.80 Å². The number of amides is 2. The van der Waals surface area contributed by atoms with Crippen LogP contribution in [-0.4, -0.2) is 172 Å². The monoisotopic (exact) mass is 896 g/mol. The fourth-order valence-electron chi connectivity index (χ4n) is 10.2. The number of hydrogen-bond donors (Lipinski definition) is 5. The fraction of sp³-hybridized carbons (Fsp3) is 0.830. The molecule has 3 aliphatic rings. The quantitative estimate of drug-likeness (QED) is 0.208. The minimum absolute atomic E-state index is 0.0873. The highest BCUT2D eigenvalue weighted by Gasteiger charge is 2.53. The van der Waals surface area contributed by atoms with Gasteiger partial charge in [-0.2, -0.15) is 0 Å². The zero-order valence-corrected chi connectivity index (χ0v) is 40.3. The van der Waals surface area contributed by atoms with Crippen LogP contribution in [0.5, 0.6) is 0 Å². The van der Waals surface area contributed by atoms with Crippen molar-refractivity contribution in [2.75, 3.05) is 39.2 Å². The zero-order valence-electron chi connectivity index (χ0n) is 40.3. The standard InChI is InChI=1S/C47H81N3O13/c1-15-22-50-26-27(3)24-45(9,56)41(63-43-37(51)34(23-28(4)59-43)49(13)44(55)48(12)33-20-18-17-19-21-33)29(5)38(62-36-25-46(10,58-14)40(53)32(8)60-36)30(6)42(54)61-35(16-2)47(11,57)39(52)31(50)7/h17-21,27-32,34-41,43,51-53,56-57H,15-16,22-26H2,1-14H3/t27-,28-,29+,30-,31-,32+,34+,35-,36+,37-,38+,39-,40+,41-,43+,45?,46-,47-/m1/s1. The number of carbonyl (C=O) groups is 2. The molecule has 18 atom stereocenters. The van der Waals surface area contributed by atoms with Crippen LogP contribution in [0.4, 0.5) is 10.5 Å². The lowest BCUT2D eigenvalue weighted by Crippen LogP contribution is -2.61. The van der Waals surface area contributed by atoms with Gasteiger partial charge >= 0.3 is 12.0 Å². The Hall–Kier alpha value is -2.48. The molecule has 0 spiro atoms. The van der Waals surface area contributed by atoms with Crippen molar-refractivity contribution in [1.29, 1.82) is 0 Å². The molecule has 0 saturated carbocycles. The van der Waals surface area contributed by atoms with Gasteiger partial charge in [-0.1, -0.05) is 45.9 Å². The van der Waals surface area contributed by atoms with Crippen LogP contribution in [0.3, 0.4) is 0 Å². The number of aliphatic hydroxyl groups is 5. The highest BCUT2D eigenvalue weighted by atomic mass is 16.7. The SMILES string of the molecule is CCCN1C[C@H](C)CC(C)(O)[C@H](O[C@@H]2O[C@H](C)C[C@H](N(C)C(=O)N(C)c3ccccc3)[C@H]2O)[C@@H](C)[C@H](O[C@H]2C[C@@](C)(OC)[C@@H](O)[C@H](C)O2)[C@@H](C)C(=O)O[C@H](CC)[C@@](C)(O)[C@H](O)[C@H]1C. The second-order valence-corrected chi connectivity index (χ2v) is 19.5. The van der Waals surface area contributed by atoms with E-state index >= 15 is 0 Å². The number of aliphatic hydroxyl groups excluding tert-OH is 3. The predicted molar refractivity (Wildman–Crippen MR) is 238 cm³/mol. The molecule has 1 aromatic rings. The van der Waals surface area contributed by atoms with Crippen LogP contribution in [0, 0.1) is 17.8 Å². The third-order valence-electron chi connectivity index (χ3n) is 14.1. The Bertz CT molecular complexity index is 1600. The maximum absolute atomic E-state index is 14.5. The summed E-state index contributed by atoms with van der Waals surface area (Å²) in [6.07, 6.45) is -9.09. The van der Waals surface area contributed by atoms with Gasteiger partial charge in [0.15, 0.2) is 12.6 Å². The molecule has 1 unspecified atom stereocenters. The number of nitrogens with zero attached hydrogens (tertiary/aromatic N) is 3. The van der Waals surface area contributed by atoms with E-state index in [1.165, 1.54) is 23.8 Å². The first-order valence-electron chi connectivity index (χ1n) is 23.0. The normalized spacial score (nSPS) is 42.7. The zero-order chi connectivity index (χ0) is 47.4. The molecule has 3 saturated heterocycles. The van der Waals surface area contributed by atoms with Crippen LogP contribution in [0.15, 0.2) is 30.3 Å². The van der Waals surface area contributed by atoms with Crippen LogP contribution < -0.4 is 4.90 Å². The molecule has 3 heterocycles. The van der Waals surface area contributed by atoms with E-state index in [2.05, 4.69) is 4.90 Å². The number of hydrogen-bond acceptors (Lipinski definition) is 14. The van der Waals surface area contributed by atoms with Crippen LogP contribution in [0.25, 0.3) is 0 Å². The number of rotatable bonds is 10. The van der Waals surface area contributed by atoms with Gasteiger partial charge in [-0.3, -0.25) is 14.6 Å². The van der Waals surface area contributed by atoms with E-state index in [0.717, 1.165) is 6.42 Å². The van der Waals surface area contributed by atoms with Crippen LogP contribution >= 0.6 is 0 Å². The number of anilines is 1. The third-order valence-corrected chi connectivity index (χ3v) is 14.1. The molecule has 5 N–H and O–H groups in total. The molecule has 3 aliphatic heterocycles. The number of carbonyl (C=O) groups excluding carboxylic acids is 2. The Morgan fingerprint density at radius 3 is 2.14 bits per heavy atom. The molecule has 16 heteroatoms. The maximum atomic E-state index is 14.5. The molecule has 0 aromatic heterocycles. The summed E-state index contributed by atoms with van der Waals surface area (Å²) in [5.41, 5.74) is -3.91. The number of benzene rings is 1. The number of para-hydroxylation sites is 1. The molecule has 362 valence electrons. The first-order chi connectivity index (χ1) is 29.3. The molecule has 4 rings (SSSR count). The predicted octanol–water partition coefficient (Wildman–Crippen LogP) is 4.31. The smallest absolute Gasteiger partial charge is 0.324 e. The molecule has 0 radical (unpaired) electrons. The molecule has 16 nitrogen and oxygen atoms in total. The highest BCUT2D eigenvalue weighted by Crippen LogP contribution is 2.40. The summed E-state index contributed by atoms with van der Waals surface area (Å²) in [4.78, 5) is 33.4. The van der Waals surface area contributed by atoms with Gasteiger partial charge in [-0.05, 0) is 98.7 Å². The summed E-state index contributed by atoms with van der Waals surface area (Å²) in [7, 11) is 4.79. The van der Waals surface area contributed by atoms with Crippen molar-refractivity contribution in [3.63, 3.8) is 0 Å². The molecule has 2 amide bonds. The van der Waals surface area contributed by atoms with Crippen LogP contribution in [0.1, 0.15) is 108 Å². The minimum Gasteiger partial charge on any atom is -0.459 e. The first kappa shape index (κ1) is 53.1. The average molecular weight is 896 g/mol. The van der Waals surface area contributed by atoms with Crippen LogP contribution in [-0.2, 0) is 33.2 Å². The van der Waals surface area contributed by atoms with Crippen molar-refractivity contribution in [2.24, 2.45) is 17.8 Å². The lowest BCUT2D eigenvalue weighted by atomic mass is 9.77. The van der Waals surface area contributed by atoms with Crippen molar-refractivity contribution in [3.05, 3.63) is 30.3 Å².